The lowest BCUT2D eigenvalue weighted by Crippen LogP contribution is -2.23. The molecule has 1 atom stereocenters. The highest BCUT2D eigenvalue weighted by atomic mass is 16.5. The topological polar surface area (TPSA) is 77.1 Å². The van der Waals surface area contributed by atoms with Crippen LogP contribution in [0.25, 0.3) is 0 Å². The van der Waals surface area contributed by atoms with Crippen LogP contribution in [0.3, 0.4) is 0 Å². The van der Waals surface area contributed by atoms with Crippen molar-refractivity contribution >= 4 is 5.84 Å². The summed E-state index contributed by atoms with van der Waals surface area (Å²) >= 11 is 0. The third-order valence-electron chi connectivity index (χ3n) is 3.41. The molecule has 2 aromatic rings. The minimum absolute atomic E-state index is 0.0252. The van der Waals surface area contributed by atoms with Gasteiger partial charge < -0.3 is 20.4 Å². The van der Waals surface area contributed by atoms with E-state index in [0.29, 0.717) is 17.9 Å². The van der Waals surface area contributed by atoms with E-state index in [1.54, 1.807) is 12.1 Å². The van der Waals surface area contributed by atoms with Gasteiger partial charge in [0.2, 0.25) is 0 Å². The van der Waals surface area contributed by atoms with Gasteiger partial charge in [-0.25, -0.2) is 0 Å². The van der Waals surface area contributed by atoms with Crippen molar-refractivity contribution < 1.29 is 14.7 Å². The van der Waals surface area contributed by atoms with Gasteiger partial charge in [-0.2, -0.15) is 0 Å². The molecule has 0 radical (unpaired) electrons. The smallest absolute Gasteiger partial charge is 0.173 e. The van der Waals surface area contributed by atoms with E-state index in [2.05, 4.69) is 11.2 Å². The van der Waals surface area contributed by atoms with Gasteiger partial charge in [-0.15, -0.1) is 0 Å². The van der Waals surface area contributed by atoms with Gasteiger partial charge in [-0.3, -0.25) is 0 Å². The summed E-state index contributed by atoms with van der Waals surface area (Å²) in [4.78, 5) is 0. The molecule has 0 aromatic heterocycles. The summed E-state index contributed by atoms with van der Waals surface area (Å²) in [7, 11) is 0. The maximum atomic E-state index is 8.79. The first-order chi connectivity index (χ1) is 10.3. The number of rotatable bonds is 4. The zero-order chi connectivity index (χ0) is 14.7. The zero-order valence-corrected chi connectivity index (χ0v) is 11.4. The second kappa shape index (κ2) is 5.75. The highest BCUT2D eigenvalue weighted by Gasteiger charge is 2.23. The van der Waals surface area contributed by atoms with E-state index in [0.717, 1.165) is 12.2 Å². The fourth-order valence-electron chi connectivity index (χ4n) is 2.39. The number of hydrogen-bond acceptors (Lipinski definition) is 4. The maximum Gasteiger partial charge on any atom is 0.173 e. The van der Waals surface area contributed by atoms with Gasteiger partial charge in [0.25, 0.3) is 0 Å². The molecule has 1 unspecified atom stereocenters. The van der Waals surface area contributed by atoms with Crippen molar-refractivity contribution in [2.75, 3.05) is 6.61 Å². The molecule has 1 heterocycles. The molecule has 1 aliphatic heterocycles. The predicted molar refractivity (Wildman–Crippen MR) is 79.0 cm³/mol. The highest BCUT2D eigenvalue weighted by Crippen LogP contribution is 2.28. The molecule has 0 saturated carbocycles. The molecule has 1 aliphatic rings. The van der Waals surface area contributed by atoms with Crippen LogP contribution in [0.1, 0.15) is 11.1 Å². The normalized spacial score (nSPS) is 17.1. The van der Waals surface area contributed by atoms with Crippen molar-refractivity contribution in [1.82, 2.24) is 0 Å². The average molecular weight is 284 g/mol. The number of nitrogens with two attached hydrogens (primary N) is 1. The van der Waals surface area contributed by atoms with Gasteiger partial charge in [0.15, 0.2) is 5.84 Å². The molecule has 0 saturated heterocycles. The number of nitrogens with zero attached hydrogens (tertiary/aromatic N) is 1. The van der Waals surface area contributed by atoms with Crippen molar-refractivity contribution in [3.63, 3.8) is 0 Å². The maximum absolute atomic E-state index is 8.79. The van der Waals surface area contributed by atoms with Crippen LogP contribution in [0, 0.1) is 0 Å². The zero-order valence-electron chi connectivity index (χ0n) is 11.4. The minimum Gasteiger partial charge on any atom is -0.489 e. The summed E-state index contributed by atoms with van der Waals surface area (Å²) in [6.45, 7) is 0.407. The molecule has 0 bridgehead atoms. The largest absolute Gasteiger partial charge is 0.489 e. The molecule has 3 rings (SSSR count). The van der Waals surface area contributed by atoms with E-state index in [9.17, 15) is 0 Å². The number of fused-ring (bicyclic) bond motifs is 1. The number of benzene rings is 2. The quantitative estimate of drug-likeness (QED) is 0.390. The second-order valence-corrected chi connectivity index (χ2v) is 4.84. The van der Waals surface area contributed by atoms with Gasteiger partial charge in [0.05, 0.1) is 5.56 Å². The van der Waals surface area contributed by atoms with Gasteiger partial charge in [-0.1, -0.05) is 35.5 Å². The summed E-state index contributed by atoms with van der Waals surface area (Å²) in [5, 5.41) is 11.8. The molecule has 5 nitrogen and oxygen atoms in total. The van der Waals surface area contributed by atoms with Gasteiger partial charge in [0.1, 0.15) is 24.2 Å². The summed E-state index contributed by atoms with van der Waals surface area (Å²) in [6, 6.07) is 15.1. The first-order valence-corrected chi connectivity index (χ1v) is 6.72. The molecular formula is C16H16N2O3. The van der Waals surface area contributed by atoms with E-state index in [-0.39, 0.29) is 11.9 Å². The Kier molecular flexibility index (Phi) is 3.64. The van der Waals surface area contributed by atoms with E-state index in [1.165, 1.54) is 5.56 Å². The Balaban J connectivity index is 1.67. The molecular weight excluding hydrogens is 268 g/mol. The Morgan fingerprint density at radius 3 is 2.81 bits per heavy atom. The fraction of sp³-hybridized carbons (Fsp3) is 0.188. The molecule has 5 heteroatoms. The minimum atomic E-state index is -0.0252. The van der Waals surface area contributed by atoms with Crippen molar-refractivity contribution in [2.24, 2.45) is 10.9 Å². The molecule has 0 fully saturated rings. The second-order valence-electron chi connectivity index (χ2n) is 4.84. The van der Waals surface area contributed by atoms with Gasteiger partial charge in [-0.05, 0) is 23.8 Å². The van der Waals surface area contributed by atoms with Crippen LogP contribution in [0.2, 0.25) is 0 Å². The summed E-state index contributed by atoms with van der Waals surface area (Å²) < 4.78 is 11.6. The molecule has 0 amide bonds. The standard InChI is InChI=1S/C16H16N2O3/c17-16(18-19)13-6-2-4-8-15(13)20-10-12-9-11-5-1-3-7-14(11)21-12/h1-8,12,19H,9-10H2,(H2,17,18). The van der Waals surface area contributed by atoms with Crippen molar-refractivity contribution in [3.8, 4) is 11.5 Å². The molecule has 108 valence electrons. The number of amidine groups is 1. The fourth-order valence-corrected chi connectivity index (χ4v) is 2.39. The first kappa shape index (κ1) is 13.3. The Morgan fingerprint density at radius 2 is 2.00 bits per heavy atom. The molecule has 0 spiro atoms. The van der Waals surface area contributed by atoms with E-state index < -0.39 is 0 Å². The number of oxime groups is 1. The Bertz CT molecular complexity index is 645. The third kappa shape index (κ3) is 2.76. The van der Waals surface area contributed by atoms with Crippen LogP contribution >= 0.6 is 0 Å². The lowest BCUT2D eigenvalue weighted by atomic mass is 10.1. The lowest BCUT2D eigenvalue weighted by molar-refractivity contribution is 0.148. The first-order valence-electron chi connectivity index (χ1n) is 6.72. The van der Waals surface area contributed by atoms with Crippen molar-refractivity contribution in [1.29, 1.82) is 0 Å². The molecule has 3 N–H and O–H groups in total. The summed E-state index contributed by atoms with van der Waals surface area (Å²) in [5.41, 5.74) is 7.39. The Hall–Kier alpha value is -2.69. The third-order valence-corrected chi connectivity index (χ3v) is 3.41. The van der Waals surface area contributed by atoms with Crippen LogP contribution in [0.15, 0.2) is 53.7 Å². The van der Waals surface area contributed by atoms with E-state index >= 15 is 0 Å². The van der Waals surface area contributed by atoms with Crippen LogP contribution in [-0.4, -0.2) is 23.8 Å². The summed E-state index contributed by atoms with van der Waals surface area (Å²) in [5.74, 6) is 1.52. The van der Waals surface area contributed by atoms with Crippen LogP contribution in [-0.2, 0) is 6.42 Å². The average Bonchev–Trinajstić information content (AvgIpc) is 2.95. The van der Waals surface area contributed by atoms with E-state index in [1.807, 2.05) is 30.3 Å². The Morgan fingerprint density at radius 1 is 1.24 bits per heavy atom. The van der Waals surface area contributed by atoms with Crippen LogP contribution in [0.4, 0.5) is 0 Å². The van der Waals surface area contributed by atoms with Crippen LogP contribution in [0.5, 0.6) is 11.5 Å². The van der Waals surface area contributed by atoms with Crippen molar-refractivity contribution in [3.05, 3.63) is 59.7 Å². The lowest BCUT2D eigenvalue weighted by Gasteiger charge is -2.14. The molecule has 0 aliphatic carbocycles. The van der Waals surface area contributed by atoms with E-state index in [4.69, 9.17) is 20.4 Å². The molecule has 21 heavy (non-hydrogen) atoms. The monoisotopic (exact) mass is 284 g/mol. The number of para-hydroxylation sites is 2. The highest BCUT2D eigenvalue weighted by molar-refractivity contribution is 5.99. The predicted octanol–water partition coefficient (Wildman–Crippen LogP) is 2.16. The number of ether oxygens (including phenoxy) is 2. The SMILES string of the molecule is NC(=NO)c1ccccc1OCC1Cc2ccccc2O1. The number of hydrogen-bond donors (Lipinski definition) is 2. The van der Waals surface area contributed by atoms with Gasteiger partial charge in [0, 0.05) is 6.42 Å². The molecule has 2 aromatic carbocycles. The summed E-state index contributed by atoms with van der Waals surface area (Å²) in [6.07, 6.45) is 0.796. The van der Waals surface area contributed by atoms with Crippen molar-refractivity contribution in [2.45, 2.75) is 12.5 Å². The Labute approximate surface area is 122 Å². The van der Waals surface area contributed by atoms with Gasteiger partial charge >= 0.3 is 0 Å². The van der Waals surface area contributed by atoms with Crippen LogP contribution < -0.4 is 15.2 Å².